The third kappa shape index (κ3) is 7.43. The highest BCUT2D eigenvalue weighted by molar-refractivity contribution is 8.13. The number of carbonyl (C=O) groups excluding carboxylic acids is 1. The predicted octanol–water partition coefficient (Wildman–Crippen LogP) is 4.26. The first-order valence-electron chi connectivity index (χ1n) is 5.67. The minimum absolute atomic E-state index is 0.333. The van der Waals surface area contributed by atoms with E-state index in [0.717, 1.165) is 5.75 Å². The van der Waals surface area contributed by atoms with Gasteiger partial charge in [-0.1, -0.05) is 52.3 Å². The molecule has 0 fully saturated rings. The molecular weight excluding hydrogens is 192 g/mol. The Hall–Kier alpha value is 0.0200. The molecule has 84 valence electrons. The average molecular weight is 216 g/mol. The Morgan fingerprint density at radius 2 is 1.86 bits per heavy atom. The van der Waals surface area contributed by atoms with Gasteiger partial charge in [0.25, 0.3) is 0 Å². The second kappa shape index (κ2) is 7.33. The fourth-order valence-electron chi connectivity index (χ4n) is 1.17. The van der Waals surface area contributed by atoms with Gasteiger partial charge < -0.3 is 0 Å². The van der Waals surface area contributed by atoms with E-state index >= 15 is 0 Å². The highest BCUT2D eigenvalue weighted by atomic mass is 32.2. The van der Waals surface area contributed by atoms with Crippen LogP contribution >= 0.6 is 11.8 Å². The van der Waals surface area contributed by atoms with Crippen molar-refractivity contribution in [3.8, 4) is 0 Å². The Bertz CT molecular complexity index is 164. The summed E-state index contributed by atoms with van der Waals surface area (Å²) in [6.07, 6.45) is 5.63. The molecule has 0 unspecified atom stereocenters. The summed E-state index contributed by atoms with van der Waals surface area (Å²) in [5, 5.41) is 0.333. The lowest BCUT2D eigenvalue weighted by Crippen LogP contribution is -2.09. The first-order valence-corrected chi connectivity index (χ1v) is 6.66. The normalized spacial score (nSPS) is 11.7. The standard InChI is InChI=1S/C12H24OS/c1-5-11(13)14-10-8-7-9-12(3,4)6-2/h5-10H2,1-4H3. The van der Waals surface area contributed by atoms with E-state index in [1.807, 2.05) is 6.92 Å². The van der Waals surface area contributed by atoms with E-state index < -0.39 is 0 Å². The molecule has 14 heavy (non-hydrogen) atoms. The van der Waals surface area contributed by atoms with Crippen LogP contribution in [0, 0.1) is 5.41 Å². The van der Waals surface area contributed by atoms with Crippen molar-refractivity contribution in [2.24, 2.45) is 5.41 Å². The molecule has 0 amide bonds. The Balaban J connectivity index is 3.34. The quantitative estimate of drug-likeness (QED) is 0.591. The maximum Gasteiger partial charge on any atom is 0.188 e. The van der Waals surface area contributed by atoms with Gasteiger partial charge in [-0.05, 0) is 18.3 Å². The number of thioether (sulfide) groups is 1. The van der Waals surface area contributed by atoms with Gasteiger partial charge in [-0.25, -0.2) is 0 Å². The molecule has 0 aliphatic carbocycles. The van der Waals surface area contributed by atoms with Gasteiger partial charge in [0.05, 0.1) is 0 Å². The third-order valence-electron chi connectivity index (χ3n) is 2.76. The average Bonchev–Trinajstić information content (AvgIpc) is 2.17. The molecule has 0 heterocycles. The zero-order valence-corrected chi connectivity index (χ0v) is 10.9. The second-order valence-electron chi connectivity index (χ2n) is 4.55. The Morgan fingerprint density at radius 3 is 2.36 bits per heavy atom. The zero-order valence-electron chi connectivity index (χ0n) is 10.1. The van der Waals surface area contributed by atoms with Gasteiger partial charge >= 0.3 is 0 Å². The van der Waals surface area contributed by atoms with Crippen molar-refractivity contribution in [2.75, 3.05) is 5.75 Å². The van der Waals surface area contributed by atoms with Crippen molar-refractivity contribution in [3.05, 3.63) is 0 Å². The van der Waals surface area contributed by atoms with E-state index in [1.165, 1.54) is 37.4 Å². The Morgan fingerprint density at radius 1 is 1.21 bits per heavy atom. The summed E-state index contributed by atoms with van der Waals surface area (Å²) in [6.45, 7) is 8.81. The van der Waals surface area contributed by atoms with Crippen LogP contribution in [0.5, 0.6) is 0 Å². The largest absolute Gasteiger partial charge is 0.287 e. The SMILES string of the molecule is CCC(=O)SCCCCC(C)(C)CC. The fourth-order valence-corrected chi connectivity index (χ4v) is 1.95. The molecule has 0 aliphatic rings. The maximum absolute atomic E-state index is 11.0. The lowest BCUT2D eigenvalue weighted by Gasteiger charge is -2.21. The topological polar surface area (TPSA) is 17.1 Å². The molecule has 0 saturated carbocycles. The number of carbonyl (C=O) groups is 1. The fraction of sp³-hybridized carbons (Fsp3) is 0.917. The maximum atomic E-state index is 11.0. The number of hydrogen-bond acceptors (Lipinski definition) is 2. The van der Waals surface area contributed by atoms with E-state index in [4.69, 9.17) is 0 Å². The summed E-state index contributed by atoms with van der Waals surface area (Å²) >= 11 is 1.50. The van der Waals surface area contributed by atoms with Crippen LogP contribution in [0.25, 0.3) is 0 Å². The van der Waals surface area contributed by atoms with Crippen LogP contribution in [0.15, 0.2) is 0 Å². The molecule has 0 N–H and O–H groups in total. The van der Waals surface area contributed by atoms with Crippen LogP contribution in [-0.2, 0) is 4.79 Å². The summed E-state index contributed by atoms with van der Waals surface area (Å²) in [4.78, 5) is 11.0. The Labute approximate surface area is 93.0 Å². The number of hydrogen-bond donors (Lipinski definition) is 0. The molecule has 2 heteroatoms. The molecular formula is C12H24OS. The Kier molecular flexibility index (Phi) is 7.34. The molecule has 0 atom stereocenters. The molecule has 0 aromatic rings. The van der Waals surface area contributed by atoms with Crippen LogP contribution in [-0.4, -0.2) is 10.9 Å². The molecule has 0 rings (SSSR count). The zero-order chi connectivity index (χ0) is 11.0. The third-order valence-corrected chi connectivity index (χ3v) is 3.86. The molecule has 0 aromatic heterocycles. The van der Waals surface area contributed by atoms with E-state index in [1.54, 1.807) is 0 Å². The number of unbranched alkanes of at least 4 members (excludes halogenated alkanes) is 1. The summed E-state index contributed by atoms with van der Waals surface area (Å²) in [6, 6.07) is 0. The summed E-state index contributed by atoms with van der Waals surface area (Å²) in [5.74, 6) is 1.01. The van der Waals surface area contributed by atoms with Crippen molar-refractivity contribution >= 4 is 16.9 Å². The van der Waals surface area contributed by atoms with Crippen molar-refractivity contribution < 1.29 is 4.79 Å². The molecule has 0 spiro atoms. The van der Waals surface area contributed by atoms with Crippen LogP contribution in [0.3, 0.4) is 0 Å². The number of rotatable bonds is 7. The first kappa shape index (κ1) is 14.0. The summed E-state index contributed by atoms with van der Waals surface area (Å²) in [5.41, 5.74) is 0.486. The van der Waals surface area contributed by atoms with E-state index in [2.05, 4.69) is 20.8 Å². The minimum atomic E-state index is 0.333. The van der Waals surface area contributed by atoms with Gasteiger partial charge in [0.1, 0.15) is 0 Å². The molecule has 1 nitrogen and oxygen atoms in total. The second-order valence-corrected chi connectivity index (χ2v) is 5.70. The van der Waals surface area contributed by atoms with E-state index in [9.17, 15) is 4.79 Å². The van der Waals surface area contributed by atoms with Crippen molar-refractivity contribution in [3.63, 3.8) is 0 Å². The predicted molar refractivity (Wildman–Crippen MR) is 65.7 cm³/mol. The highest BCUT2D eigenvalue weighted by Crippen LogP contribution is 2.27. The summed E-state index contributed by atoms with van der Waals surface area (Å²) < 4.78 is 0. The molecule has 0 radical (unpaired) electrons. The molecule has 0 bridgehead atoms. The van der Waals surface area contributed by atoms with E-state index in [-0.39, 0.29) is 0 Å². The van der Waals surface area contributed by atoms with Gasteiger partial charge in [-0.15, -0.1) is 0 Å². The van der Waals surface area contributed by atoms with Crippen molar-refractivity contribution in [2.45, 2.75) is 59.8 Å². The van der Waals surface area contributed by atoms with Gasteiger partial charge in [-0.2, -0.15) is 0 Å². The molecule has 0 saturated heterocycles. The van der Waals surface area contributed by atoms with Gasteiger partial charge in [0, 0.05) is 12.2 Å². The van der Waals surface area contributed by atoms with Crippen LogP contribution in [0.1, 0.15) is 59.8 Å². The monoisotopic (exact) mass is 216 g/mol. The van der Waals surface area contributed by atoms with Crippen LogP contribution in [0.4, 0.5) is 0 Å². The van der Waals surface area contributed by atoms with Crippen LogP contribution < -0.4 is 0 Å². The lowest BCUT2D eigenvalue weighted by molar-refractivity contribution is -0.110. The molecule has 0 aliphatic heterocycles. The summed E-state index contributed by atoms with van der Waals surface area (Å²) in [7, 11) is 0. The van der Waals surface area contributed by atoms with Gasteiger partial charge in [0.2, 0.25) is 0 Å². The smallest absolute Gasteiger partial charge is 0.188 e. The lowest BCUT2D eigenvalue weighted by atomic mass is 9.85. The van der Waals surface area contributed by atoms with Crippen LogP contribution in [0.2, 0.25) is 0 Å². The van der Waals surface area contributed by atoms with E-state index in [0.29, 0.717) is 17.0 Å². The first-order chi connectivity index (χ1) is 6.52. The van der Waals surface area contributed by atoms with Gasteiger partial charge in [0.15, 0.2) is 5.12 Å². The van der Waals surface area contributed by atoms with Gasteiger partial charge in [-0.3, -0.25) is 4.79 Å². The van der Waals surface area contributed by atoms with Crippen molar-refractivity contribution in [1.82, 2.24) is 0 Å². The molecule has 0 aromatic carbocycles. The van der Waals surface area contributed by atoms with Crippen molar-refractivity contribution in [1.29, 1.82) is 0 Å². The highest BCUT2D eigenvalue weighted by Gasteiger charge is 2.13. The minimum Gasteiger partial charge on any atom is -0.287 e.